The molecule has 4 aromatic rings. The van der Waals surface area contributed by atoms with Gasteiger partial charge in [-0.05, 0) is 73.5 Å². The number of rotatable bonds is 5. The number of benzene rings is 4. The molecule has 0 aliphatic carbocycles. The second kappa shape index (κ2) is 10.1. The van der Waals surface area contributed by atoms with E-state index < -0.39 is 0 Å². The molecular formula is C28H22Cl2N2O2. The van der Waals surface area contributed by atoms with Gasteiger partial charge in [0.25, 0.3) is 11.8 Å². The van der Waals surface area contributed by atoms with E-state index in [2.05, 4.69) is 10.6 Å². The molecule has 6 heteroatoms. The molecule has 0 aliphatic heterocycles. The van der Waals surface area contributed by atoms with Gasteiger partial charge in [-0.1, -0.05) is 70.7 Å². The van der Waals surface area contributed by atoms with Gasteiger partial charge < -0.3 is 10.6 Å². The van der Waals surface area contributed by atoms with Crippen molar-refractivity contribution < 1.29 is 9.59 Å². The Kier molecular flexibility index (Phi) is 7.01. The molecule has 170 valence electrons. The number of halogens is 2. The average Bonchev–Trinajstić information content (AvgIpc) is 2.81. The molecule has 2 amide bonds. The molecule has 2 N–H and O–H groups in total. The third-order valence-electron chi connectivity index (χ3n) is 5.33. The molecule has 34 heavy (non-hydrogen) atoms. The van der Waals surface area contributed by atoms with Crippen molar-refractivity contribution in [3.8, 4) is 11.1 Å². The molecule has 0 aliphatic rings. The van der Waals surface area contributed by atoms with E-state index in [1.807, 2.05) is 62.4 Å². The van der Waals surface area contributed by atoms with Crippen molar-refractivity contribution in [3.63, 3.8) is 0 Å². The van der Waals surface area contributed by atoms with Gasteiger partial charge in [-0.2, -0.15) is 0 Å². The van der Waals surface area contributed by atoms with E-state index in [0.717, 1.165) is 22.3 Å². The Balaban J connectivity index is 1.50. The first kappa shape index (κ1) is 23.6. The predicted octanol–water partition coefficient (Wildman–Crippen LogP) is 7.78. The largest absolute Gasteiger partial charge is 0.321 e. The monoisotopic (exact) mass is 488 g/mol. The lowest BCUT2D eigenvalue weighted by Crippen LogP contribution is -2.12. The van der Waals surface area contributed by atoms with Gasteiger partial charge in [0.1, 0.15) is 0 Å². The lowest BCUT2D eigenvalue weighted by atomic mass is 10.0. The average molecular weight is 489 g/mol. The minimum atomic E-state index is -0.227. The first-order valence-corrected chi connectivity index (χ1v) is 11.4. The summed E-state index contributed by atoms with van der Waals surface area (Å²) in [5.74, 6) is -0.454. The number of carbonyl (C=O) groups is 2. The predicted molar refractivity (Wildman–Crippen MR) is 140 cm³/mol. The number of hydrogen-bond acceptors (Lipinski definition) is 2. The molecule has 4 aromatic carbocycles. The lowest BCUT2D eigenvalue weighted by molar-refractivity contribution is 0.101. The van der Waals surface area contributed by atoms with Gasteiger partial charge >= 0.3 is 0 Å². The lowest BCUT2D eigenvalue weighted by Gasteiger charge is -2.12. The maximum atomic E-state index is 12.5. The molecule has 4 rings (SSSR count). The van der Waals surface area contributed by atoms with Crippen LogP contribution in [0.2, 0.25) is 10.0 Å². The van der Waals surface area contributed by atoms with Gasteiger partial charge in [-0.15, -0.1) is 0 Å². The van der Waals surface area contributed by atoms with Crippen molar-refractivity contribution in [2.75, 3.05) is 10.6 Å². The standard InChI is InChI=1S/C28H22Cl2N2O2/c1-17-5-3-7-21(13-17)27(33)31-25-11-9-19(15-23(25)29)20-10-12-26(24(30)16-20)32-28(34)22-8-4-6-18(2)14-22/h3-16H,1-2H3,(H,31,33)(H,32,34). The molecule has 0 aromatic heterocycles. The molecule has 0 fully saturated rings. The summed E-state index contributed by atoms with van der Waals surface area (Å²) in [5.41, 5.74) is 5.84. The van der Waals surface area contributed by atoms with Crippen LogP contribution in [0.3, 0.4) is 0 Å². The zero-order chi connectivity index (χ0) is 24.2. The molecule has 4 nitrogen and oxygen atoms in total. The van der Waals surface area contributed by atoms with Crippen LogP contribution in [0, 0.1) is 13.8 Å². The molecule has 0 atom stereocenters. The van der Waals surface area contributed by atoms with Crippen LogP contribution >= 0.6 is 23.2 Å². The van der Waals surface area contributed by atoms with Gasteiger partial charge in [-0.25, -0.2) is 0 Å². The molecule has 0 saturated heterocycles. The number of anilines is 2. The van der Waals surface area contributed by atoms with Crippen LogP contribution in [0.25, 0.3) is 11.1 Å². The highest BCUT2D eigenvalue weighted by Crippen LogP contribution is 2.33. The molecule has 0 bridgehead atoms. The van der Waals surface area contributed by atoms with E-state index >= 15 is 0 Å². The summed E-state index contributed by atoms with van der Waals surface area (Å²) in [6.45, 7) is 3.87. The van der Waals surface area contributed by atoms with E-state index in [0.29, 0.717) is 32.5 Å². The summed E-state index contributed by atoms with van der Waals surface area (Å²) in [4.78, 5) is 25.1. The van der Waals surface area contributed by atoms with Crippen molar-refractivity contribution in [3.05, 3.63) is 117 Å². The van der Waals surface area contributed by atoms with Crippen LogP contribution in [-0.4, -0.2) is 11.8 Å². The summed E-state index contributed by atoms with van der Waals surface area (Å²) >= 11 is 12.9. The number of aryl methyl sites for hydroxylation is 2. The SMILES string of the molecule is Cc1cccc(C(=O)Nc2ccc(-c3ccc(NC(=O)c4cccc(C)c4)c(Cl)c3)cc2Cl)c1. The molecule has 0 spiro atoms. The van der Waals surface area contributed by atoms with Gasteiger partial charge in [0.05, 0.1) is 21.4 Å². The molecular weight excluding hydrogens is 467 g/mol. The quantitative estimate of drug-likeness (QED) is 0.301. The second-order valence-electron chi connectivity index (χ2n) is 8.04. The van der Waals surface area contributed by atoms with Gasteiger partial charge in [0.2, 0.25) is 0 Å². The zero-order valence-corrected chi connectivity index (χ0v) is 20.2. The highest BCUT2D eigenvalue weighted by atomic mass is 35.5. The highest BCUT2D eigenvalue weighted by molar-refractivity contribution is 6.35. The van der Waals surface area contributed by atoms with Crippen molar-refractivity contribution in [1.29, 1.82) is 0 Å². The fourth-order valence-electron chi connectivity index (χ4n) is 3.55. The van der Waals surface area contributed by atoms with Crippen LogP contribution in [0.4, 0.5) is 11.4 Å². The minimum absolute atomic E-state index is 0.227. The van der Waals surface area contributed by atoms with E-state index in [4.69, 9.17) is 23.2 Å². The van der Waals surface area contributed by atoms with E-state index in [1.165, 1.54) is 0 Å². The summed E-state index contributed by atoms with van der Waals surface area (Å²) in [5, 5.41) is 6.52. The third-order valence-corrected chi connectivity index (χ3v) is 5.95. The number of amides is 2. The highest BCUT2D eigenvalue weighted by Gasteiger charge is 2.12. The maximum Gasteiger partial charge on any atom is 0.255 e. The smallest absolute Gasteiger partial charge is 0.255 e. The number of nitrogens with one attached hydrogen (secondary N) is 2. The topological polar surface area (TPSA) is 58.2 Å². The third kappa shape index (κ3) is 5.48. The van der Waals surface area contributed by atoms with Crippen LogP contribution in [0.5, 0.6) is 0 Å². The van der Waals surface area contributed by atoms with Gasteiger partial charge in [-0.3, -0.25) is 9.59 Å². The fourth-order valence-corrected chi connectivity index (χ4v) is 4.01. The fraction of sp³-hybridized carbons (Fsp3) is 0.0714. The Labute approximate surface area is 208 Å². The van der Waals surface area contributed by atoms with E-state index in [9.17, 15) is 9.59 Å². The normalized spacial score (nSPS) is 10.6. The summed E-state index contributed by atoms with van der Waals surface area (Å²) < 4.78 is 0. The van der Waals surface area contributed by atoms with Crippen LogP contribution in [0.1, 0.15) is 31.8 Å². The van der Waals surface area contributed by atoms with Gasteiger partial charge in [0.15, 0.2) is 0 Å². The molecule has 0 radical (unpaired) electrons. The number of hydrogen-bond donors (Lipinski definition) is 2. The van der Waals surface area contributed by atoms with Crippen molar-refractivity contribution in [1.82, 2.24) is 0 Å². The first-order valence-electron chi connectivity index (χ1n) is 10.7. The van der Waals surface area contributed by atoms with E-state index in [1.54, 1.807) is 36.4 Å². The summed E-state index contributed by atoms with van der Waals surface area (Å²) in [6.07, 6.45) is 0. The van der Waals surface area contributed by atoms with Crippen molar-refractivity contribution in [2.24, 2.45) is 0 Å². The van der Waals surface area contributed by atoms with Gasteiger partial charge in [0, 0.05) is 11.1 Å². The molecule has 0 saturated carbocycles. The van der Waals surface area contributed by atoms with Crippen molar-refractivity contribution in [2.45, 2.75) is 13.8 Å². The summed E-state index contributed by atoms with van der Waals surface area (Å²) in [6, 6.07) is 25.5. The first-order chi connectivity index (χ1) is 16.3. The van der Waals surface area contributed by atoms with Crippen molar-refractivity contribution >= 4 is 46.4 Å². The number of carbonyl (C=O) groups excluding carboxylic acids is 2. The Hall–Kier alpha value is -3.60. The Morgan fingerprint density at radius 1 is 0.588 bits per heavy atom. The van der Waals surface area contributed by atoms with Crippen LogP contribution < -0.4 is 10.6 Å². The maximum absolute atomic E-state index is 12.5. The minimum Gasteiger partial charge on any atom is -0.321 e. The molecule has 0 unspecified atom stereocenters. The second-order valence-corrected chi connectivity index (χ2v) is 8.85. The van der Waals surface area contributed by atoms with E-state index in [-0.39, 0.29) is 11.8 Å². The molecule has 0 heterocycles. The van der Waals surface area contributed by atoms with Crippen LogP contribution in [-0.2, 0) is 0 Å². The zero-order valence-electron chi connectivity index (χ0n) is 18.7. The Morgan fingerprint density at radius 2 is 1.00 bits per heavy atom. The summed E-state index contributed by atoms with van der Waals surface area (Å²) in [7, 11) is 0. The van der Waals surface area contributed by atoms with Crippen LogP contribution in [0.15, 0.2) is 84.9 Å². The Bertz CT molecular complexity index is 1290. The Morgan fingerprint density at radius 3 is 1.35 bits per heavy atom.